The SMILES string of the molecule is c1ccc(-c2ncccc2-c2cc3c(c(-c4cccnc4-c4ccccc4)c2-c2cccnc2-c2ccccc2)Cc2ccccc2-3)cc1. The number of hydrogen-bond acceptors (Lipinski definition) is 3. The standard InChI is InChI=1S/C46H31N3/c1-4-15-31(16-5-1)44-36(23-12-26-47-44)41-30-39-35-22-11-10-21-34(35)29-40(39)42(37-24-13-27-48-45(37)32-17-6-2-7-18-32)43(41)38-25-14-28-49-46(38)33-19-8-3-9-20-33/h1-28,30H,29H2. The van der Waals surface area contributed by atoms with E-state index in [1.807, 2.05) is 24.7 Å². The van der Waals surface area contributed by atoms with Gasteiger partial charge in [-0.25, -0.2) is 0 Å². The molecule has 0 fully saturated rings. The van der Waals surface area contributed by atoms with Gasteiger partial charge in [0.15, 0.2) is 0 Å². The average molecular weight is 626 g/mol. The maximum absolute atomic E-state index is 5.06. The minimum atomic E-state index is 0.830. The van der Waals surface area contributed by atoms with Crippen LogP contribution in [-0.2, 0) is 6.42 Å². The van der Waals surface area contributed by atoms with Crippen molar-refractivity contribution in [1.29, 1.82) is 0 Å². The van der Waals surface area contributed by atoms with E-state index in [9.17, 15) is 0 Å². The third-order valence-corrected chi connectivity index (χ3v) is 9.50. The van der Waals surface area contributed by atoms with Gasteiger partial charge in [-0.15, -0.1) is 0 Å². The summed E-state index contributed by atoms with van der Waals surface area (Å²) in [7, 11) is 0. The van der Waals surface area contributed by atoms with Crippen LogP contribution in [-0.4, -0.2) is 15.0 Å². The lowest BCUT2D eigenvalue weighted by Gasteiger charge is -2.24. The monoisotopic (exact) mass is 625 g/mol. The Balaban J connectivity index is 1.47. The van der Waals surface area contributed by atoms with Crippen molar-refractivity contribution in [2.75, 3.05) is 0 Å². The van der Waals surface area contributed by atoms with E-state index in [2.05, 4.69) is 152 Å². The van der Waals surface area contributed by atoms with Crippen LogP contribution >= 0.6 is 0 Å². The van der Waals surface area contributed by atoms with Crippen molar-refractivity contribution in [1.82, 2.24) is 15.0 Å². The van der Waals surface area contributed by atoms with Crippen molar-refractivity contribution in [3.63, 3.8) is 0 Å². The molecule has 0 unspecified atom stereocenters. The Bertz CT molecular complexity index is 2450. The van der Waals surface area contributed by atoms with Crippen molar-refractivity contribution in [2.45, 2.75) is 6.42 Å². The van der Waals surface area contributed by atoms with Gasteiger partial charge < -0.3 is 0 Å². The van der Waals surface area contributed by atoms with Gasteiger partial charge in [0.1, 0.15) is 0 Å². The number of hydrogen-bond donors (Lipinski definition) is 0. The van der Waals surface area contributed by atoms with Crippen LogP contribution < -0.4 is 0 Å². The van der Waals surface area contributed by atoms with E-state index in [-0.39, 0.29) is 0 Å². The molecule has 5 aromatic carbocycles. The second kappa shape index (κ2) is 12.3. The Morgan fingerprint density at radius 3 is 1.31 bits per heavy atom. The summed E-state index contributed by atoms with van der Waals surface area (Å²) in [6.07, 6.45) is 6.52. The van der Waals surface area contributed by atoms with E-state index in [1.165, 1.54) is 27.8 Å². The Morgan fingerprint density at radius 1 is 0.327 bits per heavy atom. The van der Waals surface area contributed by atoms with Crippen LogP contribution in [0.25, 0.3) is 78.3 Å². The van der Waals surface area contributed by atoms with Crippen LogP contribution in [0.2, 0.25) is 0 Å². The van der Waals surface area contributed by atoms with Crippen LogP contribution in [0.15, 0.2) is 176 Å². The van der Waals surface area contributed by atoms with Crippen molar-refractivity contribution >= 4 is 0 Å². The number of benzene rings is 5. The van der Waals surface area contributed by atoms with Crippen LogP contribution in [0, 0.1) is 0 Å². The van der Waals surface area contributed by atoms with Gasteiger partial charge in [0.05, 0.1) is 17.1 Å². The zero-order valence-electron chi connectivity index (χ0n) is 26.8. The van der Waals surface area contributed by atoms with Crippen LogP contribution in [0.1, 0.15) is 11.1 Å². The molecule has 3 nitrogen and oxygen atoms in total. The molecule has 230 valence electrons. The Kier molecular flexibility index (Phi) is 7.21. The lowest BCUT2D eigenvalue weighted by Crippen LogP contribution is -2.02. The highest BCUT2D eigenvalue weighted by atomic mass is 14.7. The summed E-state index contributed by atoms with van der Waals surface area (Å²) >= 11 is 0. The van der Waals surface area contributed by atoms with Gasteiger partial charge in [-0.1, -0.05) is 133 Å². The molecule has 1 aliphatic carbocycles. The molecule has 0 saturated carbocycles. The highest BCUT2D eigenvalue weighted by Gasteiger charge is 2.30. The smallest absolute Gasteiger partial charge is 0.0780 e. The molecule has 0 saturated heterocycles. The summed E-state index contributed by atoms with van der Waals surface area (Å²) < 4.78 is 0. The molecule has 0 amide bonds. The third kappa shape index (κ3) is 5.04. The first-order valence-corrected chi connectivity index (χ1v) is 16.7. The van der Waals surface area contributed by atoms with E-state index in [1.54, 1.807) is 0 Å². The summed E-state index contributed by atoms with van der Waals surface area (Å²) in [5, 5.41) is 0. The molecule has 0 spiro atoms. The zero-order valence-corrected chi connectivity index (χ0v) is 26.8. The fourth-order valence-corrected chi connectivity index (χ4v) is 7.38. The normalized spacial score (nSPS) is 11.6. The Hall–Kier alpha value is -6.45. The topological polar surface area (TPSA) is 38.7 Å². The second-order valence-electron chi connectivity index (χ2n) is 12.3. The molecule has 9 rings (SSSR count). The van der Waals surface area contributed by atoms with Crippen LogP contribution in [0.3, 0.4) is 0 Å². The van der Waals surface area contributed by atoms with Gasteiger partial charge in [0.25, 0.3) is 0 Å². The molecule has 3 aromatic heterocycles. The summed E-state index contributed by atoms with van der Waals surface area (Å²) in [5.74, 6) is 0. The van der Waals surface area contributed by atoms with E-state index in [4.69, 9.17) is 15.0 Å². The van der Waals surface area contributed by atoms with E-state index >= 15 is 0 Å². The van der Waals surface area contributed by atoms with Crippen molar-refractivity contribution in [3.8, 4) is 78.3 Å². The van der Waals surface area contributed by atoms with E-state index < -0.39 is 0 Å². The summed E-state index contributed by atoms with van der Waals surface area (Å²) in [6.45, 7) is 0. The van der Waals surface area contributed by atoms with Gasteiger partial charge in [-0.3, -0.25) is 15.0 Å². The lowest BCUT2D eigenvalue weighted by atomic mass is 9.80. The zero-order chi connectivity index (χ0) is 32.6. The highest BCUT2D eigenvalue weighted by molar-refractivity contribution is 6.07. The lowest BCUT2D eigenvalue weighted by molar-refractivity contribution is 1.25. The van der Waals surface area contributed by atoms with Crippen LogP contribution in [0.5, 0.6) is 0 Å². The van der Waals surface area contributed by atoms with Crippen LogP contribution in [0.4, 0.5) is 0 Å². The van der Waals surface area contributed by atoms with Gasteiger partial charge in [0.2, 0.25) is 0 Å². The molecule has 1 aliphatic rings. The average Bonchev–Trinajstić information content (AvgIpc) is 3.56. The third-order valence-electron chi connectivity index (χ3n) is 9.50. The minimum Gasteiger partial charge on any atom is -0.256 e. The molecule has 3 heteroatoms. The summed E-state index contributed by atoms with van der Waals surface area (Å²) in [6, 6.07) is 55.6. The fourth-order valence-electron chi connectivity index (χ4n) is 7.38. The molecule has 0 radical (unpaired) electrons. The van der Waals surface area contributed by atoms with Crippen molar-refractivity contribution < 1.29 is 0 Å². The molecule has 49 heavy (non-hydrogen) atoms. The number of rotatable bonds is 6. The molecular formula is C46H31N3. The predicted octanol–water partition coefficient (Wildman–Crippen LogP) is 11.4. The molecule has 0 N–H and O–H groups in total. The van der Waals surface area contributed by atoms with Gasteiger partial charge in [-0.05, 0) is 64.1 Å². The first-order chi connectivity index (χ1) is 24.3. The maximum Gasteiger partial charge on any atom is 0.0780 e. The van der Waals surface area contributed by atoms with Gasteiger partial charge in [-0.2, -0.15) is 0 Å². The molecule has 0 bridgehead atoms. The molecular weight excluding hydrogens is 595 g/mol. The minimum absolute atomic E-state index is 0.830. The summed E-state index contributed by atoms with van der Waals surface area (Å²) in [4.78, 5) is 15.1. The summed E-state index contributed by atoms with van der Waals surface area (Å²) in [5.41, 5.74) is 17.9. The largest absolute Gasteiger partial charge is 0.256 e. The number of fused-ring (bicyclic) bond motifs is 3. The number of pyridine rings is 3. The first kappa shape index (κ1) is 28.7. The molecule has 0 atom stereocenters. The maximum atomic E-state index is 5.06. The van der Waals surface area contributed by atoms with E-state index in [0.717, 1.165) is 68.0 Å². The predicted molar refractivity (Wildman–Crippen MR) is 201 cm³/mol. The number of nitrogens with zero attached hydrogens (tertiary/aromatic N) is 3. The quantitative estimate of drug-likeness (QED) is 0.185. The van der Waals surface area contributed by atoms with E-state index in [0.29, 0.717) is 0 Å². The van der Waals surface area contributed by atoms with Gasteiger partial charge in [0, 0.05) is 57.5 Å². The highest BCUT2D eigenvalue weighted by Crippen LogP contribution is 2.53. The molecule has 0 aliphatic heterocycles. The van der Waals surface area contributed by atoms with Crippen molar-refractivity contribution in [3.05, 3.63) is 187 Å². The second-order valence-corrected chi connectivity index (χ2v) is 12.3. The molecule has 8 aromatic rings. The molecule has 3 heterocycles. The Labute approximate surface area is 286 Å². The fraction of sp³-hybridized carbons (Fsp3) is 0.0217. The van der Waals surface area contributed by atoms with Crippen molar-refractivity contribution in [2.24, 2.45) is 0 Å². The van der Waals surface area contributed by atoms with Gasteiger partial charge >= 0.3 is 0 Å². The number of aromatic nitrogens is 3. The Morgan fingerprint density at radius 2 is 0.755 bits per heavy atom. The first-order valence-electron chi connectivity index (χ1n) is 16.7.